The van der Waals surface area contributed by atoms with Crippen LogP contribution in [0.5, 0.6) is 0 Å². The van der Waals surface area contributed by atoms with Gasteiger partial charge in [0.2, 0.25) is 17.8 Å². The van der Waals surface area contributed by atoms with Crippen LogP contribution in [0.1, 0.15) is 16.8 Å². The molecule has 45 heavy (non-hydrogen) atoms. The van der Waals surface area contributed by atoms with Crippen LogP contribution < -0.4 is 31.5 Å². The lowest BCUT2D eigenvalue weighted by Gasteiger charge is -2.36. The zero-order chi connectivity index (χ0) is 31.9. The summed E-state index contributed by atoms with van der Waals surface area (Å²) in [6.07, 6.45) is 0.530. The van der Waals surface area contributed by atoms with Gasteiger partial charge in [-0.1, -0.05) is 6.07 Å². The van der Waals surface area contributed by atoms with E-state index in [4.69, 9.17) is 15.2 Å². The molecule has 1 aliphatic heterocycles. The van der Waals surface area contributed by atoms with Crippen LogP contribution in [0.3, 0.4) is 0 Å². The number of anilines is 5. The number of nitro groups is 1. The number of ether oxygens (including phenoxy) is 2. The monoisotopic (exact) mass is 624 g/mol. The summed E-state index contributed by atoms with van der Waals surface area (Å²) in [6, 6.07) is 13.5. The lowest BCUT2D eigenvalue weighted by atomic mass is 10.2. The van der Waals surface area contributed by atoms with E-state index in [1.165, 1.54) is 12.1 Å². The molecule has 6 N–H and O–H groups in total. The minimum absolute atomic E-state index is 0.0326. The van der Waals surface area contributed by atoms with Crippen LogP contribution in [0.15, 0.2) is 48.5 Å². The van der Waals surface area contributed by atoms with Crippen LogP contribution in [0.2, 0.25) is 0 Å². The highest BCUT2D eigenvalue weighted by Gasteiger charge is 2.21. The first-order chi connectivity index (χ1) is 22.0. The number of carbonyl (C=O) groups is 1. The Morgan fingerprint density at radius 3 is 2.36 bits per heavy atom. The second kappa shape index (κ2) is 17.6. The maximum Gasteiger partial charge on any atom is 0.269 e. The SMILES string of the molecule is NCCOCCOCCNC(=O)c1cccc(Nc2nc(NCCCO)nc(N3CCN(c4ccc([N+](=O)[O-])cc4)CC3)n2)c1. The van der Waals surface area contributed by atoms with Crippen molar-refractivity contribution in [2.75, 3.05) is 99.3 Å². The molecule has 0 atom stereocenters. The Morgan fingerprint density at radius 1 is 0.933 bits per heavy atom. The fourth-order valence-electron chi connectivity index (χ4n) is 4.48. The van der Waals surface area contributed by atoms with Crippen LogP contribution in [0.4, 0.5) is 34.9 Å². The number of nitrogens with two attached hydrogens (primary N) is 1. The molecule has 2 aromatic carbocycles. The van der Waals surface area contributed by atoms with E-state index in [1.807, 2.05) is 11.0 Å². The molecule has 1 aromatic heterocycles. The topological polar surface area (TPSA) is 206 Å². The number of aromatic nitrogens is 3. The Kier molecular flexibility index (Phi) is 13.0. The molecule has 4 rings (SSSR count). The average molecular weight is 625 g/mol. The molecule has 1 saturated heterocycles. The highest BCUT2D eigenvalue weighted by atomic mass is 16.6. The number of piperazine rings is 1. The predicted molar refractivity (Wildman–Crippen MR) is 170 cm³/mol. The zero-order valence-electron chi connectivity index (χ0n) is 25.1. The highest BCUT2D eigenvalue weighted by Crippen LogP contribution is 2.23. The molecule has 1 fully saturated rings. The van der Waals surface area contributed by atoms with Crippen molar-refractivity contribution in [1.82, 2.24) is 20.3 Å². The molecule has 0 spiro atoms. The molecular weight excluding hydrogens is 584 g/mol. The lowest BCUT2D eigenvalue weighted by Crippen LogP contribution is -2.47. The highest BCUT2D eigenvalue weighted by molar-refractivity contribution is 5.95. The van der Waals surface area contributed by atoms with Gasteiger partial charge < -0.3 is 46.1 Å². The summed E-state index contributed by atoms with van der Waals surface area (Å²) < 4.78 is 10.7. The number of rotatable bonds is 18. The van der Waals surface area contributed by atoms with E-state index >= 15 is 0 Å². The molecule has 0 aliphatic carbocycles. The van der Waals surface area contributed by atoms with Gasteiger partial charge in [0.15, 0.2) is 0 Å². The number of benzene rings is 2. The van der Waals surface area contributed by atoms with E-state index in [-0.39, 0.29) is 18.2 Å². The summed E-state index contributed by atoms with van der Waals surface area (Å²) in [4.78, 5) is 41.3. The van der Waals surface area contributed by atoms with Gasteiger partial charge in [0.1, 0.15) is 0 Å². The Balaban J connectivity index is 1.37. The van der Waals surface area contributed by atoms with Crippen molar-refractivity contribution in [3.63, 3.8) is 0 Å². The summed E-state index contributed by atoms with van der Waals surface area (Å²) in [7, 11) is 0. The molecule has 16 nitrogen and oxygen atoms in total. The van der Waals surface area contributed by atoms with Gasteiger partial charge in [-0.3, -0.25) is 14.9 Å². The number of nitrogens with zero attached hydrogens (tertiary/aromatic N) is 6. The molecule has 3 aromatic rings. The van der Waals surface area contributed by atoms with Crippen molar-refractivity contribution in [3.8, 4) is 0 Å². The van der Waals surface area contributed by atoms with Crippen molar-refractivity contribution in [2.24, 2.45) is 5.73 Å². The maximum atomic E-state index is 12.7. The molecule has 242 valence electrons. The third-order valence-electron chi connectivity index (χ3n) is 6.78. The Morgan fingerprint density at radius 2 is 1.64 bits per heavy atom. The third-order valence-corrected chi connectivity index (χ3v) is 6.78. The molecule has 2 heterocycles. The summed E-state index contributed by atoms with van der Waals surface area (Å²) >= 11 is 0. The van der Waals surface area contributed by atoms with E-state index in [0.717, 1.165) is 5.69 Å². The van der Waals surface area contributed by atoms with Crippen molar-refractivity contribution < 1.29 is 24.3 Å². The summed E-state index contributed by atoms with van der Waals surface area (Å²) in [5.74, 6) is 0.892. The molecule has 16 heteroatoms. The number of amides is 1. The average Bonchev–Trinajstić information content (AvgIpc) is 3.06. The van der Waals surface area contributed by atoms with Gasteiger partial charge in [0.25, 0.3) is 11.6 Å². The predicted octanol–water partition coefficient (Wildman–Crippen LogP) is 1.37. The molecule has 0 radical (unpaired) electrons. The number of carbonyl (C=O) groups excluding carboxylic acids is 1. The van der Waals surface area contributed by atoms with E-state index in [9.17, 15) is 20.0 Å². The number of hydrogen-bond donors (Lipinski definition) is 5. The first-order valence-electron chi connectivity index (χ1n) is 14.8. The van der Waals surface area contributed by atoms with Gasteiger partial charge in [-0.05, 0) is 36.8 Å². The molecule has 0 unspecified atom stereocenters. The Labute approximate surface area is 261 Å². The van der Waals surface area contributed by atoms with E-state index in [0.29, 0.717) is 108 Å². The second-order valence-corrected chi connectivity index (χ2v) is 10.0. The molecular formula is C29H40N10O6. The third kappa shape index (κ3) is 10.5. The number of hydrogen-bond acceptors (Lipinski definition) is 14. The number of nitro benzene ring substituents is 1. The Hall–Kier alpha value is -4.64. The van der Waals surface area contributed by atoms with Crippen LogP contribution >= 0.6 is 0 Å². The maximum absolute atomic E-state index is 12.7. The second-order valence-electron chi connectivity index (χ2n) is 10.0. The van der Waals surface area contributed by atoms with Crippen LogP contribution in [-0.2, 0) is 9.47 Å². The molecule has 0 bridgehead atoms. The summed E-state index contributed by atoms with van der Waals surface area (Å²) in [5.41, 5.74) is 7.43. The fraction of sp³-hybridized carbons (Fsp3) is 0.448. The van der Waals surface area contributed by atoms with Gasteiger partial charge in [-0.15, -0.1) is 0 Å². The van der Waals surface area contributed by atoms with Crippen molar-refractivity contribution in [2.45, 2.75) is 6.42 Å². The number of aliphatic hydroxyl groups excluding tert-OH is 1. The largest absolute Gasteiger partial charge is 0.396 e. The van der Waals surface area contributed by atoms with E-state index in [2.05, 4.69) is 35.8 Å². The van der Waals surface area contributed by atoms with Crippen LogP contribution in [0.25, 0.3) is 0 Å². The number of nitrogens with one attached hydrogen (secondary N) is 3. The quantitative estimate of drug-likeness (QED) is 0.0770. The smallest absolute Gasteiger partial charge is 0.269 e. The van der Waals surface area contributed by atoms with Gasteiger partial charge in [0, 0.05) is 81.5 Å². The van der Waals surface area contributed by atoms with E-state index in [1.54, 1.807) is 30.3 Å². The fourth-order valence-corrected chi connectivity index (χ4v) is 4.48. The standard InChI is InChI=1S/C29H40N10O6/c30-9-17-44-19-20-45-18-11-31-26(41)22-3-1-4-23(21-22)33-28-34-27(32-10-2-16-40)35-29(36-28)38-14-12-37(13-15-38)24-5-7-25(8-6-24)39(42)43/h1,3-8,21,40H,2,9-20,30H2,(H,31,41)(H2,32,33,34,35,36). The number of aliphatic hydroxyl groups is 1. The van der Waals surface area contributed by atoms with Gasteiger partial charge in [-0.2, -0.15) is 15.0 Å². The summed E-state index contributed by atoms with van der Waals surface area (Å²) in [5, 5.41) is 29.4. The zero-order valence-corrected chi connectivity index (χ0v) is 25.1. The van der Waals surface area contributed by atoms with Crippen LogP contribution in [0, 0.1) is 10.1 Å². The van der Waals surface area contributed by atoms with Gasteiger partial charge in [0.05, 0.1) is 31.4 Å². The lowest BCUT2D eigenvalue weighted by molar-refractivity contribution is -0.384. The van der Waals surface area contributed by atoms with Crippen molar-refractivity contribution in [3.05, 3.63) is 64.2 Å². The van der Waals surface area contributed by atoms with Crippen molar-refractivity contribution in [1.29, 1.82) is 0 Å². The first kappa shape index (κ1) is 33.3. The van der Waals surface area contributed by atoms with Gasteiger partial charge >= 0.3 is 0 Å². The first-order valence-corrected chi connectivity index (χ1v) is 14.8. The van der Waals surface area contributed by atoms with Crippen molar-refractivity contribution >= 4 is 40.8 Å². The van der Waals surface area contributed by atoms with Gasteiger partial charge in [-0.25, -0.2) is 0 Å². The normalized spacial score (nSPS) is 13.0. The number of non-ortho nitro benzene ring substituents is 1. The summed E-state index contributed by atoms with van der Waals surface area (Å²) in [6.45, 7) is 5.64. The molecule has 0 saturated carbocycles. The Bertz CT molecular complexity index is 1370. The molecule has 1 aliphatic rings. The minimum atomic E-state index is -0.410. The van der Waals surface area contributed by atoms with E-state index < -0.39 is 4.92 Å². The van der Waals surface area contributed by atoms with Crippen LogP contribution in [-0.4, -0.2) is 110 Å². The minimum Gasteiger partial charge on any atom is -0.396 e. The molecule has 1 amide bonds.